The van der Waals surface area contributed by atoms with Crippen LogP contribution in [0.25, 0.3) is 0 Å². The van der Waals surface area contributed by atoms with Crippen LogP contribution in [0.4, 0.5) is 5.69 Å². The molecule has 1 saturated heterocycles. The third-order valence-electron chi connectivity index (χ3n) is 4.94. The van der Waals surface area contributed by atoms with Crippen molar-refractivity contribution in [2.24, 2.45) is 4.99 Å². The van der Waals surface area contributed by atoms with Gasteiger partial charge < -0.3 is 15.5 Å². The first kappa shape index (κ1) is 22.5. The molecule has 0 amide bonds. The van der Waals surface area contributed by atoms with E-state index in [4.69, 9.17) is 4.99 Å². The lowest BCUT2D eigenvalue weighted by atomic mass is 10.0. The standard InChI is InChI=1S/C22H31N5.HI/c1-3-23-22(24-14-11-19-10-9-18(2)25-17-19)26-20-12-15-27(16-13-20)21-7-5-4-6-8-21;/h4-10,17,20H,3,11-16H2,1-2H3,(H2,23,24,26);1H. The second kappa shape index (κ2) is 11.9. The predicted octanol–water partition coefficient (Wildman–Crippen LogP) is 3.77. The molecule has 2 N–H and O–H groups in total. The largest absolute Gasteiger partial charge is 0.371 e. The minimum absolute atomic E-state index is 0. The number of nitrogens with one attached hydrogen (secondary N) is 2. The Hall–Kier alpha value is -1.83. The van der Waals surface area contributed by atoms with Crippen molar-refractivity contribution >= 4 is 35.6 Å². The molecule has 2 heterocycles. The molecule has 28 heavy (non-hydrogen) atoms. The maximum absolute atomic E-state index is 4.76. The molecule has 6 heteroatoms. The zero-order valence-electron chi connectivity index (χ0n) is 16.9. The van der Waals surface area contributed by atoms with Crippen molar-refractivity contribution in [3.63, 3.8) is 0 Å². The Bertz CT molecular complexity index is 709. The summed E-state index contributed by atoms with van der Waals surface area (Å²) in [5, 5.41) is 7.00. The van der Waals surface area contributed by atoms with Gasteiger partial charge in [-0.15, -0.1) is 24.0 Å². The highest BCUT2D eigenvalue weighted by Crippen LogP contribution is 2.19. The Kier molecular flexibility index (Phi) is 9.54. The molecular weight excluding hydrogens is 461 g/mol. The van der Waals surface area contributed by atoms with Crippen molar-refractivity contribution < 1.29 is 0 Å². The van der Waals surface area contributed by atoms with E-state index in [1.165, 1.54) is 11.3 Å². The quantitative estimate of drug-likeness (QED) is 0.366. The summed E-state index contributed by atoms with van der Waals surface area (Å²) in [6, 6.07) is 15.4. The first-order chi connectivity index (χ1) is 13.2. The number of rotatable bonds is 6. The summed E-state index contributed by atoms with van der Waals surface area (Å²) in [6.45, 7) is 7.92. The molecule has 0 spiro atoms. The van der Waals surface area contributed by atoms with Crippen LogP contribution in [0.3, 0.4) is 0 Å². The van der Waals surface area contributed by atoms with Crippen LogP contribution in [0.15, 0.2) is 53.7 Å². The fourth-order valence-electron chi connectivity index (χ4n) is 3.38. The maximum atomic E-state index is 4.76. The number of hydrogen-bond donors (Lipinski definition) is 2. The third kappa shape index (κ3) is 6.96. The molecule has 1 aromatic carbocycles. The van der Waals surface area contributed by atoms with Gasteiger partial charge in [-0.3, -0.25) is 9.98 Å². The molecule has 2 aromatic rings. The van der Waals surface area contributed by atoms with Crippen LogP contribution in [0.2, 0.25) is 0 Å². The molecule has 0 saturated carbocycles. The van der Waals surface area contributed by atoms with Crippen molar-refractivity contribution in [2.45, 2.75) is 39.2 Å². The van der Waals surface area contributed by atoms with Crippen molar-refractivity contribution in [3.8, 4) is 0 Å². The zero-order valence-corrected chi connectivity index (χ0v) is 19.2. The van der Waals surface area contributed by atoms with Gasteiger partial charge in [-0.1, -0.05) is 24.3 Å². The number of hydrogen-bond acceptors (Lipinski definition) is 3. The number of aryl methyl sites for hydroxylation is 1. The number of para-hydroxylation sites is 1. The number of benzene rings is 1. The topological polar surface area (TPSA) is 52.6 Å². The Labute approximate surface area is 186 Å². The predicted molar refractivity (Wildman–Crippen MR) is 129 cm³/mol. The lowest BCUT2D eigenvalue weighted by Gasteiger charge is -2.34. The monoisotopic (exact) mass is 493 g/mol. The molecule has 0 radical (unpaired) electrons. The van der Waals surface area contributed by atoms with Gasteiger partial charge >= 0.3 is 0 Å². The number of pyridine rings is 1. The molecule has 1 aliphatic rings. The van der Waals surface area contributed by atoms with Crippen molar-refractivity contribution in [2.75, 3.05) is 31.1 Å². The van der Waals surface area contributed by atoms with E-state index in [1.54, 1.807) is 0 Å². The molecule has 1 fully saturated rings. The van der Waals surface area contributed by atoms with Gasteiger partial charge in [-0.2, -0.15) is 0 Å². The van der Waals surface area contributed by atoms with E-state index in [0.29, 0.717) is 6.04 Å². The van der Waals surface area contributed by atoms with Crippen LogP contribution in [-0.2, 0) is 6.42 Å². The lowest BCUT2D eigenvalue weighted by molar-refractivity contribution is 0.461. The number of guanidine groups is 1. The first-order valence-electron chi connectivity index (χ1n) is 10.0. The van der Waals surface area contributed by atoms with E-state index in [1.807, 2.05) is 13.1 Å². The molecule has 152 valence electrons. The number of nitrogens with zero attached hydrogens (tertiary/aromatic N) is 3. The molecule has 0 unspecified atom stereocenters. The van der Waals surface area contributed by atoms with E-state index >= 15 is 0 Å². The van der Waals surface area contributed by atoms with Crippen LogP contribution in [0.5, 0.6) is 0 Å². The number of anilines is 1. The van der Waals surface area contributed by atoms with Gasteiger partial charge in [0.2, 0.25) is 0 Å². The second-order valence-corrected chi connectivity index (χ2v) is 7.06. The Balaban J connectivity index is 0.00000280. The Morgan fingerprint density at radius 2 is 1.89 bits per heavy atom. The van der Waals surface area contributed by atoms with Crippen molar-refractivity contribution in [1.82, 2.24) is 15.6 Å². The highest BCUT2D eigenvalue weighted by molar-refractivity contribution is 14.0. The molecule has 1 aromatic heterocycles. The minimum Gasteiger partial charge on any atom is -0.371 e. The van der Waals surface area contributed by atoms with E-state index in [0.717, 1.165) is 57.1 Å². The van der Waals surface area contributed by atoms with Crippen LogP contribution in [-0.4, -0.2) is 43.2 Å². The summed E-state index contributed by atoms with van der Waals surface area (Å²) in [4.78, 5) is 11.6. The van der Waals surface area contributed by atoms with Crippen LogP contribution in [0, 0.1) is 6.92 Å². The van der Waals surface area contributed by atoms with Crippen molar-refractivity contribution in [3.05, 3.63) is 59.9 Å². The molecule has 0 atom stereocenters. The Morgan fingerprint density at radius 3 is 2.54 bits per heavy atom. The highest BCUT2D eigenvalue weighted by Gasteiger charge is 2.20. The minimum atomic E-state index is 0. The van der Waals surface area contributed by atoms with Crippen LogP contribution >= 0.6 is 24.0 Å². The summed E-state index contributed by atoms with van der Waals surface area (Å²) in [5.74, 6) is 0.927. The zero-order chi connectivity index (χ0) is 18.9. The number of piperidine rings is 1. The molecule has 1 aliphatic heterocycles. The van der Waals surface area contributed by atoms with Gasteiger partial charge in [0.25, 0.3) is 0 Å². The second-order valence-electron chi connectivity index (χ2n) is 7.06. The average Bonchev–Trinajstić information content (AvgIpc) is 2.71. The maximum Gasteiger partial charge on any atom is 0.191 e. The van der Waals surface area contributed by atoms with Gasteiger partial charge in [-0.05, 0) is 56.9 Å². The molecule has 0 aliphatic carbocycles. The molecular formula is C22H32IN5. The summed E-state index contributed by atoms with van der Waals surface area (Å²) in [5.41, 5.74) is 3.61. The summed E-state index contributed by atoms with van der Waals surface area (Å²) < 4.78 is 0. The number of aliphatic imine (C=N–C) groups is 1. The first-order valence-corrected chi connectivity index (χ1v) is 10.0. The van der Waals surface area contributed by atoms with Crippen LogP contribution < -0.4 is 15.5 Å². The lowest BCUT2D eigenvalue weighted by Crippen LogP contribution is -2.48. The van der Waals surface area contributed by atoms with E-state index in [2.05, 4.69) is 69.9 Å². The highest BCUT2D eigenvalue weighted by atomic mass is 127. The van der Waals surface area contributed by atoms with Crippen LogP contribution in [0.1, 0.15) is 31.0 Å². The van der Waals surface area contributed by atoms with Gasteiger partial charge in [0, 0.05) is 49.8 Å². The SMILES string of the molecule is CCNC(=NCCc1ccc(C)nc1)NC1CCN(c2ccccc2)CC1.I. The Morgan fingerprint density at radius 1 is 1.14 bits per heavy atom. The van der Waals surface area contributed by atoms with Crippen molar-refractivity contribution in [1.29, 1.82) is 0 Å². The van der Waals surface area contributed by atoms with E-state index in [9.17, 15) is 0 Å². The summed E-state index contributed by atoms with van der Waals surface area (Å²) >= 11 is 0. The van der Waals surface area contributed by atoms with E-state index < -0.39 is 0 Å². The smallest absolute Gasteiger partial charge is 0.191 e. The molecule has 0 bridgehead atoms. The summed E-state index contributed by atoms with van der Waals surface area (Å²) in [6.07, 6.45) is 5.11. The molecule has 3 rings (SSSR count). The fraction of sp³-hybridized carbons (Fsp3) is 0.455. The van der Waals surface area contributed by atoms with Gasteiger partial charge in [0.15, 0.2) is 5.96 Å². The van der Waals surface area contributed by atoms with Gasteiger partial charge in [-0.25, -0.2) is 0 Å². The molecule has 5 nitrogen and oxygen atoms in total. The normalized spacial score (nSPS) is 15.1. The fourth-order valence-corrected chi connectivity index (χ4v) is 3.38. The third-order valence-corrected chi connectivity index (χ3v) is 4.94. The van der Waals surface area contributed by atoms with E-state index in [-0.39, 0.29) is 24.0 Å². The van der Waals surface area contributed by atoms with Gasteiger partial charge in [0.1, 0.15) is 0 Å². The summed E-state index contributed by atoms with van der Waals surface area (Å²) in [7, 11) is 0. The number of halogens is 1. The van der Waals surface area contributed by atoms with Gasteiger partial charge in [0.05, 0.1) is 0 Å². The average molecular weight is 493 g/mol. The number of aromatic nitrogens is 1.